The van der Waals surface area contributed by atoms with Gasteiger partial charge in [-0.05, 0) is 36.2 Å². The summed E-state index contributed by atoms with van der Waals surface area (Å²) in [6, 6.07) is 15.0. The molecular weight excluding hydrogens is 258 g/mol. The van der Waals surface area contributed by atoms with E-state index < -0.39 is 0 Å². The molecule has 0 saturated carbocycles. The minimum Gasteiger partial charge on any atom is -0.382 e. The fourth-order valence-electron chi connectivity index (χ4n) is 2.11. The number of benzene rings is 2. The van der Waals surface area contributed by atoms with Gasteiger partial charge in [-0.2, -0.15) is 0 Å². The first kappa shape index (κ1) is 16.0. The molecule has 19 heavy (non-hydrogen) atoms. The zero-order valence-electron chi connectivity index (χ0n) is 11.4. The molecule has 0 radical (unpaired) electrons. The maximum atomic E-state index is 5.32. The minimum absolute atomic E-state index is 0. The van der Waals surface area contributed by atoms with E-state index in [1.807, 2.05) is 6.92 Å². The third kappa shape index (κ3) is 4.83. The smallest absolute Gasteiger partial charge is 0.0477 e. The van der Waals surface area contributed by atoms with E-state index >= 15 is 0 Å². The van der Waals surface area contributed by atoms with Crippen LogP contribution in [0.1, 0.15) is 18.9 Å². The normalized spacial score (nSPS) is 10.4. The number of rotatable bonds is 7. The van der Waals surface area contributed by atoms with Crippen LogP contribution in [0.2, 0.25) is 0 Å². The van der Waals surface area contributed by atoms with Gasteiger partial charge in [-0.25, -0.2) is 0 Å². The number of hydrogen-bond donors (Lipinski definition) is 1. The molecule has 0 bridgehead atoms. The predicted molar refractivity (Wildman–Crippen MR) is 84.0 cm³/mol. The summed E-state index contributed by atoms with van der Waals surface area (Å²) in [5, 5.41) is 6.13. The molecule has 2 aromatic carbocycles. The summed E-state index contributed by atoms with van der Waals surface area (Å²) in [5.41, 5.74) is 1.37. The number of hydrogen-bond acceptors (Lipinski definition) is 2. The lowest BCUT2D eigenvalue weighted by Gasteiger charge is -2.08. The standard InChI is InChI=1S/C16H21NO.ClH/c1-2-18-12-6-11-17-13-15-9-5-8-14-7-3-4-10-16(14)15;/h3-5,7-10,17H,2,6,11-13H2,1H3;1H. The van der Waals surface area contributed by atoms with Gasteiger partial charge in [-0.15, -0.1) is 12.4 Å². The van der Waals surface area contributed by atoms with Gasteiger partial charge in [0.25, 0.3) is 0 Å². The molecule has 0 unspecified atom stereocenters. The quantitative estimate of drug-likeness (QED) is 0.779. The van der Waals surface area contributed by atoms with Crippen LogP contribution < -0.4 is 5.32 Å². The third-order valence-electron chi connectivity index (χ3n) is 3.04. The maximum absolute atomic E-state index is 5.32. The van der Waals surface area contributed by atoms with Crippen molar-refractivity contribution in [3.05, 3.63) is 48.0 Å². The van der Waals surface area contributed by atoms with Crippen LogP contribution >= 0.6 is 12.4 Å². The average molecular weight is 280 g/mol. The summed E-state index contributed by atoms with van der Waals surface area (Å²) in [5.74, 6) is 0. The van der Waals surface area contributed by atoms with Crippen LogP contribution in [0.25, 0.3) is 10.8 Å². The monoisotopic (exact) mass is 279 g/mol. The van der Waals surface area contributed by atoms with Crippen molar-refractivity contribution in [1.82, 2.24) is 5.32 Å². The van der Waals surface area contributed by atoms with Gasteiger partial charge in [0, 0.05) is 19.8 Å². The lowest BCUT2D eigenvalue weighted by Crippen LogP contribution is -2.16. The number of fused-ring (bicyclic) bond motifs is 1. The highest BCUT2D eigenvalue weighted by molar-refractivity contribution is 5.85. The van der Waals surface area contributed by atoms with E-state index in [4.69, 9.17) is 4.74 Å². The van der Waals surface area contributed by atoms with Gasteiger partial charge in [0.05, 0.1) is 0 Å². The van der Waals surface area contributed by atoms with Gasteiger partial charge in [0.1, 0.15) is 0 Å². The number of ether oxygens (including phenoxy) is 1. The molecule has 2 rings (SSSR count). The Balaban J connectivity index is 0.00000180. The molecule has 0 aromatic heterocycles. The lowest BCUT2D eigenvalue weighted by atomic mass is 10.0. The Morgan fingerprint density at radius 1 is 1.05 bits per heavy atom. The van der Waals surface area contributed by atoms with Crippen molar-refractivity contribution in [2.24, 2.45) is 0 Å². The van der Waals surface area contributed by atoms with Crippen LogP contribution in [0, 0.1) is 0 Å². The summed E-state index contributed by atoms with van der Waals surface area (Å²) in [6.07, 6.45) is 1.07. The molecule has 0 fully saturated rings. The van der Waals surface area contributed by atoms with Crippen molar-refractivity contribution < 1.29 is 4.74 Å². The molecule has 0 spiro atoms. The van der Waals surface area contributed by atoms with Gasteiger partial charge in [-0.3, -0.25) is 0 Å². The lowest BCUT2D eigenvalue weighted by molar-refractivity contribution is 0.144. The first-order chi connectivity index (χ1) is 8.92. The summed E-state index contributed by atoms with van der Waals surface area (Å²) in [4.78, 5) is 0. The summed E-state index contributed by atoms with van der Waals surface area (Å²) in [6.45, 7) is 5.61. The van der Waals surface area contributed by atoms with Crippen molar-refractivity contribution in [3.63, 3.8) is 0 Å². The van der Waals surface area contributed by atoms with Gasteiger partial charge in [0.15, 0.2) is 0 Å². The van der Waals surface area contributed by atoms with Crippen molar-refractivity contribution in [1.29, 1.82) is 0 Å². The van der Waals surface area contributed by atoms with Crippen LogP contribution in [0.5, 0.6) is 0 Å². The first-order valence-corrected chi connectivity index (χ1v) is 6.67. The van der Waals surface area contributed by atoms with E-state index in [-0.39, 0.29) is 12.4 Å². The molecule has 104 valence electrons. The van der Waals surface area contributed by atoms with E-state index in [0.717, 1.165) is 32.7 Å². The van der Waals surface area contributed by atoms with Gasteiger partial charge in [0.2, 0.25) is 0 Å². The Morgan fingerprint density at radius 2 is 1.84 bits per heavy atom. The van der Waals surface area contributed by atoms with E-state index in [1.54, 1.807) is 0 Å². The van der Waals surface area contributed by atoms with E-state index in [2.05, 4.69) is 47.8 Å². The molecule has 0 heterocycles. The Morgan fingerprint density at radius 3 is 2.68 bits per heavy atom. The Kier molecular flexibility index (Phi) is 7.49. The summed E-state index contributed by atoms with van der Waals surface area (Å²) < 4.78 is 5.32. The second kappa shape index (κ2) is 8.92. The SMILES string of the molecule is CCOCCCNCc1cccc2ccccc12.Cl. The molecule has 2 aromatic rings. The molecule has 3 heteroatoms. The number of halogens is 1. The molecular formula is C16H22ClNO. The van der Waals surface area contributed by atoms with Crippen molar-refractivity contribution in [3.8, 4) is 0 Å². The van der Waals surface area contributed by atoms with Crippen molar-refractivity contribution in [2.75, 3.05) is 19.8 Å². The van der Waals surface area contributed by atoms with Gasteiger partial charge in [-0.1, -0.05) is 42.5 Å². The van der Waals surface area contributed by atoms with Crippen LogP contribution in [0.15, 0.2) is 42.5 Å². The van der Waals surface area contributed by atoms with Crippen LogP contribution in [-0.4, -0.2) is 19.8 Å². The van der Waals surface area contributed by atoms with Crippen molar-refractivity contribution in [2.45, 2.75) is 19.9 Å². The fraction of sp³-hybridized carbons (Fsp3) is 0.375. The molecule has 0 saturated heterocycles. The van der Waals surface area contributed by atoms with Gasteiger partial charge < -0.3 is 10.1 Å². The highest BCUT2D eigenvalue weighted by Crippen LogP contribution is 2.17. The molecule has 1 N–H and O–H groups in total. The average Bonchev–Trinajstić information content (AvgIpc) is 2.43. The van der Waals surface area contributed by atoms with E-state index in [0.29, 0.717) is 0 Å². The van der Waals surface area contributed by atoms with Crippen LogP contribution in [0.3, 0.4) is 0 Å². The minimum atomic E-state index is 0. The largest absolute Gasteiger partial charge is 0.382 e. The Hall–Kier alpha value is -1.09. The van der Waals surface area contributed by atoms with Crippen LogP contribution in [0.4, 0.5) is 0 Å². The number of nitrogens with one attached hydrogen (secondary N) is 1. The first-order valence-electron chi connectivity index (χ1n) is 6.67. The topological polar surface area (TPSA) is 21.3 Å². The van der Waals surface area contributed by atoms with Crippen LogP contribution in [-0.2, 0) is 11.3 Å². The Labute approximate surface area is 121 Å². The second-order valence-electron chi connectivity index (χ2n) is 4.37. The molecule has 2 nitrogen and oxygen atoms in total. The Bertz CT molecular complexity index is 482. The fourth-order valence-corrected chi connectivity index (χ4v) is 2.11. The van der Waals surface area contributed by atoms with E-state index in [9.17, 15) is 0 Å². The third-order valence-corrected chi connectivity index (χ3v) is 3.04. The molecule has 0 amide bonds. The molecule has 0 aliphatic heterocycles. The second-order valence-corrected chi connectivity index (χ2v) is 4.37. The van der Waals surface area contributed by atoms with Gasteiger partial charge >= 0.3 is 0 Å². The highest BCUT2D eigenvalue weighted by atomic mass is 35.5. The zero-order chi connectivity index (χ0) is 12.6. The van der Waals surface area contributed by atoms with Crippen molar-refractivity contribution >= 4 is 23.2 Å². The highest BCUT2D eigenvalue weighted by Gasteiger charge is 1.99. The predicted octanol–water partition coefficient (Wildman–Crippen LogP) is 3.78. The van der Waals surface area contributed by atoms with E-state index in [1.165, 1.54) is 16.3 Å². The summed E-state index contributed by atoms with van der Waals surface area (Å²) >= 11 is 0. The maximum Gasteiger partial charge on any atom is 0.0477 e. The molecule has 0 atom stereocenters. The zero-order valence-corrected chi connectivity index (χ0v) is 12.2. The summed E-state index contributed by atoms with van der Waals surface area (Å²) in [7, 11) is 0. The molecule has 0 aliphatic rings. The molecule has 0 aliphatic carbocycles.